The molecule has 1 fully saturated rings. The summed E-state index contributed by atoms with van der Waals surface area (Å²) in [4.78, 5) is 0. The first kappa shape index (κ1) is 13.7. The number of benzene rings is 1. The third-order valence-corrected chi connectivity index (χ3v) is 3.70. The third-order valence-electron chi connectivity index (χ3n) is 3.70. The van der Waals surface area contributed by atoms with E-state index in [0.29, 0.717) is 17.5 Å². The predicted molar refractivity (Wildman–Crippen MR) is 74.3 cm³/mol. The molecule has 19 heavy (non-hydrogen) atoms. The van der Waals surface area contributed by atoms with Crippen LogP contribution in [-0.2, 0) is 4.74 Å². The number of anilines is 1. The van der Waals surface area contributed by atoms with Gasteiger partial charge in [-0.25, -0.2) is 0 Å². The molecule has 2 rings (SSSR count). The van der Waals surface area contributed by atoms with Crippen LogP contribution in [0.2, 0.25) is 0 Å². The van der Waals surface area contributed by atoms with Gasteiger partial charge in [-0.15, -0.1) is 0 Å². The molecule has 1 aliphatic heterocycles. The van der Waals surface area contributed by atoms with E-state index in [4.69, 9.17) is 14.7 Å². The summed E-state index contributed by atoms with van der Waals surface area (Å²) in [6.07, 6.45) is 2.14. The number of methoxy groups -OCH3 is 1. The molecular formula is C15H20N2O2. The van der Waals surface area contributed by atoms with Gasteiger partial charge < -0.3 is 14.8 Å². The van der Waals surface area contributed by atoms with Crippen molar-refractivity contribution in [1.29, 1.82) is 5.26 Å². The van der Waals surface area contributed by atoms with Crippen LogP contribution in [0.5, 0.6) is 5.75 Å². The van der Waals surface area contributed by atoms with Crippen molar-refractivity contribution in [3.05, 3.63) is 23.8 Å². The van der Waals surface area contributed by atoms with E-state index >= 15 is 0 Å². The van der Waals surface area contributed by atoms with Gasteiger partial charge in [0.15, 0.2) is 0 Å². The van der Waals surface area contributed by atoms with Crippen molar-refractivity contribution in [3.63, 3.8) is 0 Å². The fourth-order valence-corrected chi connectivity index (χ4v) is 2.45. The number of rotatable bonds is 4. The Morgan fingerprint density at radius 3 is 2.79 bits per heavy atom. The Morgan fingerprint density at radius 2 is 2.16 bits per heavy atom. The molecule has 1 aliphatic rings. The molecule has 4 heteroatoms. The first-order valence-corrected chi connectivity index (χ1v) is 6.67. The van der Waals surface area contributed by atoms with Crippen LogP contribution in [0.25, 0.3) is 0 Å². The highest BCUT2D eigenvalue weighted by atomic mass is 16.5. The molecule has 102 valence electrons. The third kappa shape index (κ3) is 3.39. The fraction of sp³-hybridized carbons (Fsp3) is 0.533. The van der Waals surface area contributed by atoms with E-state index in [1.807, 2.05) is 12.1 Å². The van der Waals surface area contributed by atoms with E-state index in [-0.39, 0.29) is 0 Å². The molecule has 0 bridgehead atoms. The maximum absolute atomic E-state index is 9.15. The number of hydrogen-bond acceptors (Lipinski definition) is 4. The molecule has 1 atom stereocenters. The standard InChI is InChI=1S/C15H20N2O2/c1-11(12-5-7-19-8-6-12)17-15-9-14(18-2)4-3-13(15)10-16/h3-4,9,11-12,17H,5-8H2,1-2H3. The smallest absolute Gasteiger partial charge is 0.121 e. The molecular weight excluding hydrogens is 240 g/mol. The predicted octanol–water partition coefficient (Wildman–Crippen LogP) is 2.79. The molecule has 0 aromatic heterocycles. The second-order valence-electron chi connectivity index (χ2n) is 4.91. The Bertz CT molecular complexity index is 462. The van der Waals surface area contributed by atoms with Gasteiger partial charge in [0, 0.05) is 25.3 Å². The van der Waals surface area contributed by atoms with E-state index in [1.54, 1.807) is 13.2 Å². The van der Waals surface area contributed by atoms with Gasteiger partial charge in [0.2, 0.25) is 0 Å². The molecule has 0 radical (unpaired) electrons. The van der Waals surface area contributed by atoms with Gasteiger partial charge in [-0.3, -0.25) is 0 Å². The maximum Gasteiger partial charge on any atom is 0.121 e. The van der Waals surface area contributed by atoms with Gasteiger partial charge in [0.05, 0.1) is 18.4 Å². The largest absolute Gasteiger partial charge is 0.497 e. The zero-order valence-electron chi connectivity index (χ0n) is 11.5. The van der Waals surface area contributed by atoms with Gasteiger partial charge >= 0.3 is 0 Å². The second kappa shape index (κ2) is 6.44. The van der Waals surface area contributed by atoms with Gasteiger partial charge in [0.25, 0.3) is 0 Å². The average Bonchev–Trinajstić information content (AvgIpc) is 2.48. The summed E-state index contributed by atoms with van der Waals surface area (Å²) < 4.78 is 10.6. The highest BCUT2D eigenvalue weighted by Gasteiger charge is 2.21. The summed E-state index contributed by atoms with van der Waals surface area (Å²) in [6, 6.07) is 8.02. The Labute approximate surface area is 114 Å². The number of ether oxygens (including phenoxy) is 2. The van der Waals surface area contributed by atoms with Gasteiger partial charge in [-0.1, -0.05) is 0 Å². The number of nitrogens with zero attached hydrogens (tertiary/aromatic N) is 1. The Kier molecular flexibility index (Phi) is 4.64. The molecule has 1 N–H and O–H groups in total. The fourth-order valence-electron chi connectivity index (χ4n) is 2.45. The highest BCUT2D eigenvalue weighted by Crippen LogP contribution is 2.26. The second-order valence-corrected chi connectivity index (χ2v) is 4.91. The van der Waals surface area contributed by atoms with Crippen LogP contribution in [0.15, 0.2) is 18.2 Å². The molecule has 0 amide bonds. The Balaban J connectivity index is 2.10. The summed E-state index contributed by atoms with van der Waals surface area (Å²) in [6.45, 7) is 3.83. The zero-order chi connectivity index (χ0) is 13.7. The molecule has 0 spiro atoms. The molecule has 1 unspecified atom stereocenters. The monoisotopic (exact) mass is 260 g/mol. The average molecular weight is 260 g/mol. The summed E-state index contributed by atoms with van der Waals surface area (Å²) in [5.74, 6) is 1.35. The van der Waals surface area contributed by atoms with Crippen molar-refractivity contribution in [2.45, 2.75) is 25.8 Å². The van der Waals surface area contributed by atoms with Crippen LogP contribution in [0, 0.1) is 17.2 Å². The number of nitrogens with one attached hydrogen (secondary N) is 1. The summed E-state index contributed by atoms with van der Waals surface area (Å²) >= 11 is 0. The van der Waals surface area contributed by atoms with Crippen molar-refractivity contribution in [1.82, 2.24) is 0 Å². The lowest BCUT2D eigenvalue weighted by molar-refractivity contribution is 0.0622. The first-order chi connectivity index (χ1) is 9.24. The molecule has 4 nitrogen and oxygen atoms in total. The summed E-state index contributed by atoms with van der Waals surface area (Å²) in [7, 11) is 1.63. The topological polar surface area (TPSA) is 54.3 Å². The van der Waals surface area contributed by atoms with Gasteiger partial charge in [-0.2, -0.15) is 5.26 Å². The van der Waals surface area contributed by atoms with Crippen LogP contribution < -0.4 is 10.1 Å². The minimum absolute atomic E-state index is 0.322. The van der Waals surface area contributed by atoms with Crippen LogP contribution in [0.3, 0.4) is 0 Å². The van der Waals surface area contributed by atoms with E-state index in [9.17, 15) is 0 Å². The SMILES string of the molecule is COc1ccc(C#N)c(NC(C)C2CCOCC2)c1. The van der Waals surface area contributed by atoms with E-state index in [1.165, 1.54) is 0 Å². The van der Waals surface area contributed by atoms with E-state index in [0.717, 1.165) is 37.5 Å². The maximum atomic E-state index is 9.15. The number of nitriles is 1. The summed E-state index contributed by atoms with van der Waals surface area (Å²) in [5, 5.41) is 12.6. The molecule has 1 aromatic carbocycles. The molecule has 1 heterocycles. The van der Waals surface area contributed by atoms with Crippen LogP contribution >= 0.6 is 0 Å². The first-order valence-electron chi connectivity index (χ1n) is 6.67. The summed E-state index contributed by atoms with van der Waals surface area (Å²) in [5.41, 5.74) is 1.50. The minimum Gasteiger partial charge on any atom is -0.497 e. The zero-order valence-corrected chi connectivity index (χ0v) is 11.5. The van der Waals surface area contributed by atoms with Crippen LogP contribution in [0.1, 0.15) is 25.3 Å². The Morgan fingerprint density at radius 1 is 1.42 bits per heavy atom. The lowest BCUT2D eigenvalue weighted by atomic mass is 9.92. The van der Waals surface area contributed by atoms with Crippen molar-refractivity contribution >= 4 is 5.69 Å². The van der Waals surface area contributed by atoms with Crippen LogP contribution in [-0.4, -0.2) is 26.4 Å². The molecule has 1 aromatic rings. The lowest BCUT2D eigenvalue weighted by Crippen LogP contribution is -2.31. The number of hydrogen-bond donors (Lipinski definition) is 1. The minimum atomic E-state index is 0.322. The Hall–Kier alpha value is -1.73. The van der Waals surface area contributed by atoms with Gasteiger partial charge in [-0.05, 0) is 37.8 Å². The highest BCUT2D eigenvalue weighted by molar-refractivity contribution is 5.60. The van der Waals surface area contributed by atoms with Crippen molar-refractivity contribution in [2.75, 3.05) is 25.6 Å². The normalized spacial score (nSPS) is 17.5. The molecule has 0 aliphatic carbocycles. The van der Waals surface area contributed by atoms with E-state index < -0.39 is 0 Å². The van der Waals surface area contributed by atoms with Crippen molar-refractivity contribution in [2.24, 2.45) is 5.92 Å². The molecule has 0 saturated carbocycles. The van der Waals surface area contributed by atoms with Crippen molar-refractivity contribution < 1.29 is 9.47 Å². The quantitative estimate of drug-likeness (QED) is 0.904. The lowest BCUT2D eigenvalue weighted by Gasteiger charge is -2.29. The molecule has 1 saturated heterocycles. The van der Waals surface area contributed by atoms with E-state index in [2.05, 4.69) is 18.3 Å². The van der Waals surface area contributed by atoms with Crippen molar-refractivity contribution in [3.8, 4) is 11.8 Å². The van der Waals surface area contributed by atoms with Gasteiger partial charge in [0.1, 0.15) is 11.8 Å². The van der Waals surface area contributed by atoms with Crippen LogP contribution in [0.4, 0.5) is 5.69 Å².